The van der Waals surface area contributed by atoms with Crippen molar-refractivity contribution in [3.63, 3.8) is 0 Å². The van der Waals surface area contributed by atoms with Crippen LogP contribution in [-0.4, -0.2) is 30.1 Å². The summed E-state index contributed by atoms with van der Waals surface area (Å²) in [4.78, 5) is 14.6. The summed E-state index contributed by atoms with van der Waals surface area (Å²) in [5.41, 5.74) is 8.06. The summed E-state index contributed by atoms with van der Waals surface area (Å²) < 4.78 is 19.1. The Balaban J connectivity index is 1.71. The second-order valence-corrected chi connectivity index (χ2v) is 6.46. The summed E-state index contributed by atoms with van der Waals surface area (Å²) in [6.45, 7) is 1.65. The van der Waals surface area contributed by atoms with Crippen LogP contribution in [0.4, 0.5) is 10.1 Å². The number of hydrogen-bond acceptors (Lipinski definition) is 3. The Morgan fingerprint density at radius 1 is 1.20 bits per heavy atom. The van der Waals surface area contributed by atoms with Crippen molar-refractivity contribution in [2.45, 2.75) is 31.9 Å². The van der Waals surface area contributed by atoms with Crippen LogP contribution in [0.2, 0.25) is 0 Å². The lowest BCUT2D eigenvalue weighted by atomic mass is 10.1. The lowest BCUT2D eigenvalue weighted by Gasteiger charge is -2.26. The number of carbonyl (C=O) groups is 1. The zero-order valence-corrected chi connectivity index (χ0v) is 14.2. The first-order valence-electron chi connectivity index (χ1n) is 8.58. The fraction of sp³-hybridized carbons (Fsp3) is 0.350. The predicted molar refractivity (Wildman–Crippen MR) is 95.3 cm³/mol. The molecule has 0 spiro atoms. The van der Waals surface area contributed by atoms with Gasteiger partial charge in [-0.15, -0.1) is 0 Å². The van der Waals surface area contributed by atoms with E-state index in [2.05, 4.69) is 0 Å². The Hall–Kier alpha value is -2.40. The fourth-order valence-electron chi connectivity index (χ4n) is 3.07. The second kappa shape index (κ2) is 8.12. The van der Waals surface area contributed by atoms with E-state index < -0.39 is 0 Å². The molecule has 1 fully saturated rings. The van der Waals surface area contributed by atoms with E-state index in [1.807, 2.05) is 18.2 Å². The van der Waals surface area contributed by atoms with E-state index in [0.717, 1.165) is 30.6 Å². The number of hydrogen-bond donors (Lipinski definition) is 1. The Bertz CT molecular complexity index is 712. The molecule has 1 saturated heterocycles. The Kier molecular flexibility index (Phi) is 5.66. The molecule has 0 aliphatic carbocycles. The maximum atomic E-state index is 13.5. The number of nitrogens with two attached hydrogens (primary N) is 1. The Labute approximate surface area is 147 Å². The van der Waals surface area contributed by atoms with Gasteiger partial charge in [-0.05, 0) is 48.2 Å². The monoisotopic (exact) mass is 342 g/mol. The largest absolute Gasteiger partial charge is 0.399 e. The zero-order chi connectivity index (χ0) is 17.6. The molecule has 5 heteroatoms. The summed E-state index contributed by atoms with van der Waals surface area (Å²) >= 11 is 0. The van der Waals surface area contributed by atoms with E-state index in [0.29, 0.717) is 25.2 Å². The minimum absolute atomic E-state index is 0.00420. The van der Waals surface area contributed by atoms with Gasteiger partial charge in [0.1, 0.15) is 5.82 Å². The normalized spacial score (nSPS) is 16.8. The van der Waals surface area contributed by atoms with Crippen LogP contribution in [-0.2, 0) is 22.5 Å². The molecule has 1 heterocycles. The first-order chi connectivity index (χ1) is 12.1. The molecule has 1 amide bonds. The molecule has 0 saturated carbocycles. The van der Waals surface area contributed by atoms with Gasteiger partial charge in [-0.3, -0.25) is 4.79 Å². The molecule has 25 heavy (non-hydrogen) atoms. The van der Waals surface area contributed by atoms with Crippen molar-refractivity contribution in [3.05, 3.63) is 65.5 Å². The van der Waals surface area contributed by atoms with E-state index >= 15 is 0 Å². The minimum Gasteiger partial charge on any atom is -0.399 e. The van der Waals surface area contributed by atoms with Gasteiger partial charge < -0.3 is 15.4 Å². The molecule has 1 atom stereocenters. The number of benzene rings is 2. The van der Waals surface area contributed by atoms with E-state index in [-0.39, 0.29) is 17.8 Å². The molecular weight excluding hydrogens is 319 g/mol. The average molecular weight is 342 g/mol. The average Bonchev–Trinajstić information content (AvgIpc) is 3.09. The fourth-order valence-corrected chi connectivity index (χ4v) is 3.07. The van der Waals surface area contributed by atoms with Gasteiger partial charge in [0.15, 0.2) is 0 Å². The first kappa shape index (κ1) is 17.4. The smallest absolute Gasteiger partial charge is 0.227 e. The summed E-state index contributed by atoms with van der Waals surface area (Å²) in [5.74, 6) is -0.287. The lowest BCUT2D eigenvalue weighted by molar-refractivity contribution is -0.132. The highest BCUT2D eigenvalue weighted by molar-refractivity contribution is 5.79. The van der Waals surface area contributed by atoms with Crippen LogP contribution in [0.5, 0.6) is 0 Å². The maximum Gasteiger partial charge on any atom is 0.227 e. The highest BCUT2D eigenvalue weighted by Crippen LogP contribution is 2.17. The molecule has 1 aliphatic rings. The number of halogens is 1. The summed E-state index contributed by atoms with van der Waals surface area (Å²) in [6.07, 6.45) is 2.32. The molecule has 4 nitrogen and oxygen atoms in total. The van der Waals surface area contributed by atoms with Crippen molar-refractivity contribution < 1.29 is 13.9 Å². The molecule has 0 bridgehead atoms. The number of anilines is 1. The van der Waals surface area contributed by atoms with Crippen LogP contribution in [0.15, 0.2) is 48.5 Å². The third kappa shape index (κ3) is 5.03. The molecule has 0 aromatic heterocycles. The number of ether oxygens (including phenoxy) is 1. The Morgan fingerprint density at radius 3 is 2.68 bits per heavy atom. The highest BCUT2D eigenvalue weighted by Gasteiger charge is 2.23. The molecule has 1 aliphatic heterocycles. The van der Waals surface area contributed by atoms with Gasteiger partial charge in [-0.1, -0.05) is 24.3 Å². The summed E-state index contributed by atoms with van der Waals surface area (Å²) in [6, 6.07) is 13.7. The van der Waals surface area contributed by atoms with Crippen LogP contribution in [0.1, 0.15) is 24.0 Å². The summed E-state index contributed by atoms with van der Waals surface area (Å²) in [5, 5.41) is 0. The molecule has 132 valence electrons. The third-order valence-electron chi connectivity index (χ3n) is 4.40. The van der Waals surface area contributed by atoms with Crippen molar-refractivity contribution in [3.8, 4) is 0 Å². The van der Waals surface area contributed by atoms with Gasteiger partial charge in [0.05, 0.1) is 12.5 Å². The molecule has 1 unspecified atom stereocenters. The number of carbonyl (C=O) groups excluding carboxylic acids is 1. The van der Waals surface area contributed by atoms with E-state index in [1.165, 1.54) is 12.1 Å². The number of nitrogens with zero attached hydrogens (tertiary/aromatic N) is 1. The number of amides is 1. The van der Waals surface area contributed by atoms with Crippen LogP contribution >= 0.6 is 0 Å². The van der Waals surface area contributed by atoms with Crippen LogP contribution < -0.4 is 5.73 Å². The topological polar surface area (TPSA) is 55.6 Å². The van der Waals surface area contributed by atoms with E-state index in [4.69, 9.17) is 10.5 Å². The maximum absolute atomic E-state index is 13.5. The molecule has 3 rings (SSSR count). The zero-order valence-electron chi connectivity index (χ0n) is 14.2. The van der Waals surface area contributed by atoms with Crippen LogP contribution in [0, 0.1) is 5.82 Å². The van der Waals surface area contributed by atoms with E-state index in [9.17, 15) is 9.18 Å². The van der Waals surface area contributed by atoms with Crippen molar-refractivity contribution >= 4 is 11.6 Å². The molecular formula is C20H23FN2O2. The third-order valence-corrected chi connectivity index (χ3v) is 4.40. The van der Waals surface area contributed by atoms with Gasteiger partial charge in [-0.2, -0.15) is 0 Å². The van der Waals surface area contributed by atoms with Crippen molar-refractivity contribution in [1.29, 1.82) is 0 Å². The highest BCUT2D eigenvalue weighted by atomic mass is 19.1. The predicted octanol–water partition coefficient (Wildman–Crippen LogP) is 3.16. The van der Waals surface area contributed by atoms with Gasteiger partial charge in [0.25, 0.3) is 0 Å². The minimum atomic E-state index is -0.291. The van der Waals surface area contributed by atoms with E-state index in [1.54, 1.807) is 23.1 Å². The number of rotatable bonds is 6. The lowest BCUT2D eigenvalue weighted by Crippen LogP contribution is -2.37. The van der Waals surface area contributed by atoms with Crippen molar-refractivity contribution in [2.75, 3.05) is 18.9 Å². The van der Waals surface area contributed by atoms with Gasteiger partial charge in [0, 0.05) is 25.4 Å². The quantitative estimate of drug-likeness (QED) is 0.821. The standard InChI is InChI=1S/C20H23FN2O2/c21-17-4-1-3-16(11-17)13-23(14-19-5-2-10-25-19)20(24)12-15-6-8-18(22)9-7-15/h1,3-4,6-9,11,19H,2,5,10,12-14,22H2. The SMILES string of the molecule is Nc1ccc(CC(=O)N(Cc2cccc(F)c2)CC2CCCO2)cc1. The van der Waals surface area contributed by atoms with Crippen molar-refractivity contribution in [1.82, 2.24) is 4.90 Å². The van der Waals surface area contributed by atoms with Gasteiger partial charge >= 0.3 is 0 Å². The summed E-state index contributed by atoms with van der Waals surface area (Å²) in [7, 11) is 0. The first-order valence-corrected chi connectivity index (χ1v) is 8.58. The second-order valence-electron chi connectivity index (χ2n) is 6.46. The molecule has 2 aromatic carbocycles. The van der Waals surface area contributed by atoms with Crippen LogP contribution in [0.3, 0.4) is 0 Å². The van der Waals surface area contributed by atoms with Gasteiger partial charge in [0.2, 0.25) is 5.91 Å². The van der Waals surface area contributed by atoms with Crippen molar-refractivity contribution in [2.24, 2.45) is 0 Å². The van der Waals surface area contributed by atoms with Crippen LogP contribution in [0.25, 0.3) is 0 Å². The molecule has 2 aromatic rings. The molecule has 2 N–H and O–H groups in total. The Morgan fingerprint density at radius 2 is 2.00 bits per heavy atom. The number of nitrogen functional groups attached to an aromatic ring is 1. The van der Waals surface area contributed by atoms with Gasteiger partial charge in [-0.25, -0.2) is 4.39 Å². The molecule has 0 radical (unpaired) electrons.